The zero-order valence-electron chi connectivity index (χ0n) is 31.0. The molecule has 2 aromatic rings. The summed E-state index contributed by atoms with van der Waals surface area (Å²) in [5, 5.41) is 15.0. The second-order valence-corrected chi connectivity index (χ2v) is 18.1. The quantitative estimate of drug-likeness (QED) is 0.303. The van der Waals surface area contributed by atoms with Crippen molar-refractivity contribution in [2.75, 3.05) is 0 Å². The Morgan fingerprint density at radius 3 is 2.34 bits per heavy atom. The van der Waals surface area contributed by atoms with E-state index in [2.05, 4.69) is 27.7 Å². The molecule has 4 fully saturated rings. The number of fused-ring (bicyclic) bond motifs is 7. The average Bonchev–Trinajstić information content (AvgIpc) is 3.65. The zero-order chi connectivity index (χ0) is 36.2. The van der Waals surface area contributed by atoms with E-state index in [0.717, 1.165) is 44.2 Å². The van der Waals surface area contributed by atoms with Gasteiger partial charge in [-0.3, -0.25) is 19.1 Å². The van der Waals surface area contributed by atoms with Crippen molar-refractivity contribution in [3.05, 3.63) is 51.7 Å². The number of rotatable bonds is 6. The highest BCUT2D eigenvalue weighted by atomic mass is 16.6. The highest BCUT2D eigenvalue weighted by Gasteiger charge is 2.72. The fourth-order valence-electron chi connectivity index (χ4n) is 12.3. The number of hydrogen-bond acceptors (Lipinski definition) is 8. The second kappa shape index (κ2) is 11.3. The Kier molecular flexibility index (Phi) is 7.90. The largest absolute Gasteiger partial charge is 0.519 e. The highest BCUT2D eigenvalue weighted by molar-refractivity contribution is 5.96. The number of carbonyl (C=O) groups excluding carboxylic acids is 2. The molecular weight excluding hydrogens is 636 g/mol. The maximum absolute atomic E-state index is 14.9. The van der Waals surface area contributed by atoms with Crippen LogP contribution in [0.1, 0.15) is 130 Å². The molecule has 0 spiro atoms. The molecule has 10 heteroatoms. The Balaban J connectivity index is 1.29. The second-order valence-electron chi connectivity index (χ2n) is 18.1. The molecule has 5 aliphatic carbocycles. The first-order valence-corrected chi connectivity index (χ1v) is 18.7. The minimum Gasteiger partial charge on any atom is -0.481 e. The van der Waals surface area contributed by atoms with E-state index >= 15 is 0 Å². The van der Waals surface area contributed by atoms with Crippen molar-refractivity contribution in [2.24, 2.45) is 50.2 Å². The van der Waals surface area contributed by atoms with Crippen LogP contribution >= 0.6 is 0 Å². The van der Waals surface area contributed by atoms with Crippen LogP contribution in [0.4, 0.5) is 0 Å². The van der Waals surface area contributed by atoms with E-state index in [1.54, 1.807) is 0 Å². The smallest absolute Gasteiger partial charge is 0.481 e. The van der Waals surface area contributed by atoms with Gasteiger partial charge in [0.2, 0.25) is 0 Å². The fourth-order valence-corrected chi connectivity index (χ4v) is 12.3. The average molecular weight is 691 g/mol. The number of ketones is 1. The van der Waals surface area contributed by atoms with Crippen LogP contribution in [0.5, 0.6) is 0 Å². The van der Waals surface area contributed by atoms with E-state index in [-0.39, 0.29) is 58.2 Å². The molecule has 0 unspecified atom stereocenters. The van der Waals surface area contributed by atoms with E-state index < -0.39 is 34.0 Å². The summed E-state index contributed by atoms with van der Waals surface area (Å²) in [4.78, 5) is 53.9. The predicted molar refractivity (Wildman–Crippen MR) is 184 cm³/mol. The highest BCUT2D eigenvalue weighted by Crippen LogP contribution is 2.76. The van der Waals surface area contributed by atoms with Crippen LogP contribution in [0.2, 0.25) is 0 Å². The van der Waals surface area contributed by atoms with Gasteiger partial charge in [-0.25, -0.2) is 4.79 Å². The van der Waals surface area contributed by atoms with Crippen LogP contribution in [-0.4, -0.2) is 32.6 Å². The van der Waals surface area contributed by atoms with Crippen LogP contribution in [0.3, 0.4) is 0 Å². The molecule has 10 atom stereocenters. The molecule has 2 aromatic heterocycles. The van der Waals surface area contributed by atoms with Gasteiger partial charge in [0.25, 0.3) is 0 Å². The maximum atomic E-state index is 14.9. The summed E-state index contributed by atoms with van der Waals surface area (Å²) >= 11 is 0. The van der Waals surface area contributed by atoms with Crippen molar-refractivity contribution in [1.82, 2.24) is 9.78 Å². The number of carbonyl (C=O) groups is 3. The number of allylic oxidation sites excluding steroid dienone is 2. The van der Waals surface area contributed by atoms with Gasteiger partial charge in [-0.05, 0) is 124 Å². The third-order valence-electron chi connectivity index (χ3n) is 15.6. The standard InChI is InChI=1S/C40H54N2O8/c1-9-27-28(50-34(47)49-27)22-48-33(46)40(8)29-10-14-39(7)31(37(29,5)13-11-30(40)42-19-12-23(2)41-42)26(43)20-24-25-21-36(4,32(44)45)16-15-35(25,3)17-18-38(24,39)6/h12,19-20,25,29-31H,9-11,13-18,21-22H2,1-8H3,(H,44,45)/t25-,29+,30-,31+,35+,36-,37-,38+,39+,40-/m0/s1. The van der Waals surface area contributed by atoms with Crippen LogP contribution in [0.15, 0.2) is 37.5 Å². The maximum Gasteiger partial charge on any atom is 0.519 e. The summed E-state index contributed by atoms with van der Waals surface area (Å²) < 4.78 is 18.4. The molecule has 2 heterocycles. The van der Waals surface area contributed by atoms with E-state index in [1.807, 2.05) is 50.7 Å². The van der Waals surface area contributed by atoms with E-state index in [1.165, 1.54) is 5.57 Å². The molecule has 272 valence electrons. The van der Waals surface area contributed by atoms with E-state index in [4.69, 9.17) is 18.7 Å². The Morgan fingerprint density at radius 1 is 0.980 bits per heavy atom. The van der Waals surface area contributed by atoms with Crippen LogP contribution in [0.25, 0.3) is 0 Å². The number of aromatic nitrogens is 2. The van der Waals surface area contributed by atoms with Gasteiger partial charge in [-0.2, -0.15) is 5.10 Å². The molecule has 0 radical (unpaired) electrons. The van der Waals surface area contributed by atoms with Crippen molar-refractivity contribution in [3.8, 4) is 0 Å². The molecular formula is C40H54N2O8. The van der Waals surface area contributed by atoms with Crippen molar-refractivity contribution in [2.45, 2.75) is 132 Å². The Bertz CT molecular complexity index is 1830. The number of hydrogen-bond donors (Lipinski definition) is 1. The first-order chi connectivity index (χ1) is 23.4. The summed E-state index contributed by atoms with van der Waals surface area (Å²) in [6.07, 6.45) is 11.2. The minimum atomic E-state index is -1.04. The van der Waals surface area contributed by atoms with Crippen molar-refractivity contribution in [1.29, 1.82) is 0 Å². The van der Waals surface area contributed by atoms with Gasteiger partial charge in [0, 0.05) is 18.5 Å². The van der Waals surface area contributed by atoms with Crippen LogP contribution in [-0.2, 0) is 32.1 Å². The number of ether oxygens (including phenoxy) is 1. The minimum absolute atomic E-state index is 0.0288. The van der Waals surface area contributed by atoms with E-state index in [9.17, 15) is 24.3 Å². The summed E-state index contributed by atoms with van der Waals surface area (Å²) in [7, 11) is 0. The zero-order valence-corrected chi connectivity index (χ0v) is 31.0. The molecule has 4 saturated carbocycles. The Hall–Kier alpha value is -3.43. The van der Waals surface area contributed by atoms with Gasteiger partial charge in [-0.15, -0.1) is 0 Å². The molecule has 7 rings (SSSR count). The van der Waals surface area contributed by atoms with Gasteiger partial charge in [0.05, 0.1) is 22.6 Å². The summed E-state index contributed by atoms with van der Waals surface area (Å²) in [5.41, 5.74) is -1.00. The molecule has 0 amide bonds. The predicted octanol–water partition coefficient (Wildman–Crippen LogP) is 7.63. The van der Waals surface area contributed by atoms with Gasteiger partial charge in [0.1, 0.15) is 0 Å². The Labute approximate surface area is 294 Å². The van der Waals surface area contributed by atoms with Gasteiger partial charge in [-0.1, -0.05) is 40.2 Å². The number of aliphatic carboxylic acids is 1. The lowest BCUT2D eigenvalue weighted by Gasteiger charge is -2.70. The van der Waals surface area contributed by atoms with Crippen molar-refractivity contribution >= 4 is 17.7 Å². The normalized spacial score (nSPS) is 42.4. The SMILES string of the molecule is CCc1oc(=O)oc1COC(=O)[C@]1(C)[C@@H](n2ccc(C)n2)CC[C@@]2(C)[C@H]1CC[C@]1(C)[C@@H]2C(=O)C=C2[C@@H]3C[C@@](C)(C(=O)O)CC[C@]3(C)CC[C@]21C. The molecule has 0 saturated heterocycles. The van der Waals surface area contributed by atoms with E-state index in [0.29, 0.717) is 31.4 Å². The number of carboxylic acids is 1. The molecule has 10 nitrogen and oxygen atoms in total. The fraction of sp³-hybridized carbons (Fsp3) is 0.725. The molecule has 50 heavy (non-hydrogen) atoms. The molecule has 5 aliphatic rings. The molecule has 0 aromatic carbocycles. The third kappa shape index (κ3) is 4.67. The monoisotopic (exact) mass is 690 g/mol. The first kappa shape index (κ1) is 35.0. The number of aryl methyl sites for hydroxylation is 2. The summed E-state index contributed by atoms with van der Waals surface area (Å²) in [5.74, 6) is -1.72. The number of carboxylic acid groups (broad SMARTS) is 1. The summed E-state index contributed by atoms with van der Waals surface area (Å²) in [6.45, 7) is 16.6. The Morgan fingerprint density at radius 2 is 1.68 bits per heavy atom. The van der Waals surface area contributed by atoms with Crippen molar-refractivity contribution < 1.29 is 33.1 Å². The summed E-state index contributed by atoms with van der Waals surface area (Å²) in [6, 6.07) is 1.65. The van der Waals surface area contributed by atoms with Crippen LogP contribution in [0, 0.1) is 57.2 Å². The van der Waals surface area contributed by atoms with Crippen molar-refractivity contribution in [3.63, 3.8) is 0 Å². The van der Waals surface area contributed by atoms with Gasteiger partial charge >= 0.3 is 17.8 Å². The first-order valence-electron chi connectivity index (χ1n) is 18.7. The van der Waals surface area contributed by atoms with Gasteiger partial charge < -0.3 is 18.7 Å². The van der Waals surface area contributed by atoms with Gasteiger partial charge in [0.15, 0.2) is 23.9 Å². The lowest BCUT2D eigenvalue weighted by atomic mass is 9.33. The molecule has 0 bridgehead atoms. The topological polar surface area (TPSA) is 142 Å². The lowest BCUT2D eigenvalue weighted by molar-refractivity contribution is -0.209. The number of nitrogens with zero attached hydrogens (tertiary/aromatic N) is 2. The lowest BCUT2D eigenvalue weighted by Crippen LogP contribution is -2.67. The molecule has 0 aliphatic heterocycles. The molecule has 1 N–H and O–H groups in total. The number of esters is 1. The third-order valence-corrected chi connectivity index (χ3v) is 15.6. The van der Waals surface area contributed by atoms with Crippen LogP contribution < -0.4 is 5.82 Å².